The first kappa shape index (κ1) is 31.8. The molecule has 3 heterocycles. The SMILES string of the molecule is CC1(C)C(C=CC=C2C(C)(C)c3c(ccc4ccccc34)[N+]23CCC3(C)S(=O)(=O)[O-])=[N+](CCCCS(=O)(=O)[O-])c2ccccc21. The fourth-order valence-electron chi connectivity index (χ4n) is 8.18. The van der Waals surface area contributed by atoms with E-state index in [4.69, 9.17) is 0 Å². The predicted octanol–water partition coefficient (Wildman–Crippen LogP) is 5.95. The van der Waals surface area contributed by atoms with E-state index in [1.807, 2.05) is 60.7 Å². The van der Waals surface area contributed by atoms with E-state index in [2.05, 4.69) is 50.5 Å². The van der Waals surface area contributed by atoms with Gasteiger partial charge in [-0.1, -0.05) is 48.5 Å². The fraction of sp³-hybridized carbons (Fsp3) is 0.400. The summed E-state index contributed by atoms with van der Waals surface area (Å²) in [5.74, 6) is -0.394. The van der Waals surface area contributed by atoms with E-state index in [0.717, 1.165) is 44.7 Å². The molecule has 3 aliphatic heterocycles. The number of nitrogens with zero attached hydrogens (tertiary/aromatic N) is 2. The summed E-state index contributed by atoms with van der Waals surface area (Å²) in [7, 11) is -8.97. The van der Waals surface area contributed by atoms with Crippen LogP contribution in [-0.4, -0.2) is 59.9 Å². The minimum atomic E-state index is -4.69. The minimum absolute atomic E-state index is 0.0112. The number of quaternary nitrogens is 1. The molecule has 0 saturated carbocycles. The molecule has 2 unspecified atom stereocenters. The van der Waals surface area contributed by atoms with Gasteiger partial charge in [-0.3, -0.25) is 0 Å². The average molecular weight is 649 g/mol. The van der Waals surface area contributed by atoms with Gasteiger partial charge in [0.1, 0.15) is 17.9 Å². The average Bonchev–Trinajstić information content (AvgIpc) is 3.31. The van der Waals surface area contributed by atoms with Crippen LogP contribution in [-0.2, 0) is 31.1 Å². The van der Waals surface area contributed by atoms with Gasteiger partial charge >= 0.3 is 0 Å². The Morgan fingerprint density at radius 2 is 1.56 bits per heavy atom. The number of allylic oxidation sites excluding steroid dienone is 4. The van der Waals surface area contributed by atoms with E-state index in [-0.39, 0.29) is 22.7 Å². The number of hydrogen-bond acceptors (Lipinski definition) is 6. The lowest BCUT2D eigenvalue weighted by Gasteiger charge is -2.58. The maximum Gasteiger partial charge on any atom is 0.209 e. The molecule has 0 bridgehead atoms. The summed E-state index contributed by atoms with van der Waals surface area (Å²) >= 11 is 0. The number of hydrogen-bond donors (Lipinski definition) is 0. The van der Waals surface area contributed by atoms with Crippen LogP contribution in [0.5, 0.6) is 0 Å². The first-order valence-corrected chi connectivity index (χ1v) is 18.4. The van der Waals surface area contributed by atoms with E-state index < -0.39 is 36.3 Å². The molecule has 0 radical (unpaired) electrons. The molecule has 238 valence electrons. The number of fused-ring (bicyclic) bond motifs is 5. The van der Waals surface area contributed by atoms with Gasteiger partial charge < -0.3 is 9.11 Å². The van der Waals surface area contributed by atoms with Gasteiger partial charge in [-0.25, -0.2) is 21.3 Å². The fourth-order valence-corrected chi connectivity index (χ4v) is 9.75. The summed E-state index contributed by atoms with van der Waals surface area (Å²) in [6.07, 6.45) is 7.10. The molecule has 2 atom stereocenters. The Labute approximate surface area is 266 Å². The van der Waals surface area contributed by atoms with Crippen LogP contribution in [0.25, 0.3) is 10.8 Å². The van der Waals surface area contributed by atoms with Crippen molar-refractivity contribution in [1.82, 2.24) is 4.48 Å². The van der Waals surface area contributed by atoms with Crippen LogP contribution in [0.15, 0.2) is 84.6 Å². The van der Waals surface area contributed by atoms with Gasteiger partial charge in [0, 0.05) is 48.4 Å². The molecule has 3 aromatic carbocycles. The van der Waals surface area contributed by atoms with Gasteiger partial charge in [-0.2, -0.15) is 4.58 Å². The highest BCUT2D eigenvalue weighted by Gasteiger charge is 2.71. The Kier molecular flexibility index (Phi) is 7.38. The van der Waals surface area contributed by atoms with Crippen molar-refractivity contribution in [1.29, 1.82) is 0 Å². The van der Waals surface area contributed by atoms with E-state index >= 15 is 0 Å². The van der Waals surface area contributed by atoms with Gasteiger partial charge in [0.2, 0.25) is 10.6 Å². The molecule has 6 rings (SSSR count). The molecular weight excluding hydrogens is 609 g/mol. The zero-order chi connectivity index (χ0) is 32.6. The molecule has 3 aromatic rings. The lowest BCUT2D eigenvalue weighted by Crippen LogP contribution is -2.76. The van der Waals surface area contributed by atoms with Gasteiger partial charge in [-0.15, -0.1) is 0 Å². The Morgan fingerprint density at radius 1 is 0.867 bits per heavy atom. The van der Waals surface area contributed by atoms with Gasteiger partial charge in [-0.05, 0) is 57.0 Å². The topological polar surface area (TPSA) is 117 Å². The van der Waals surface area contributed by atoms with E-state index in [9.17, 15) is 25.9 Å². The third-order valence-electron chi connectivity index (χ3n) is 10.6. The van der Waals surface area contributed by atoms with Crippen LogP contribution in [0.4, 0.5) is 11.4 Å². The Balaban J connectivity index is 1.49. The van der Waals surface area contributed by atoms with E-state index in [1.54, 1.807) is 6.92 Å². The number of para-hydroxylation sites is 1. The van der Waals surface area contributed by atoms with E-state index in [0.29, 0.717) is 19.5 Å². The maximum atomic E-state index is 13.0. The molecule has 3 aliphatic rings. The van der Waals surface area contributed by atoms with Crippen molar-refractivity contribution < 1.29 is 30.5 Å². The third-order valence-corrected chi connectivity index (χ3v) is 13.0. The largest absolute Gasteiger partial charge is 0.748 e. The highest BCUT2D eigenvalue weighted by Crippen LogP contribution is 2.63. The molecule has 8 nitrogen and oxygen atoms in total. The quantitative estimate of drug-likeness (QED) is 0.129. The molecular formula is C35H40N2O6S2. The zero-order valence-corrected chi connectivity index (χ0v) is 28.0. The minimum Gasteiger partial charge on any atom is -0.748 e. The Bertz CT molecular complexity index is 2040. The molecule has 1 spiro atoms. The van der Waals surface area contributed by atoms with Crippen LogP contribution in [0.3, 0.4) is 0 Å². The van der Waals surface area contributed by atoms with Crippen LogP contribution in [0, 0.1) is 0 Å². The number of benzene rings is 3. The number of unbranched alkanes of at least 4 members (excludes halogenated alkanes) is 1. The van der Waals surface area contributed by atoms with E-state index in [1.165, 1.54) is 0 Å². The number of rotatable bonds is 8. The molecule has 0 aromatic heterocycles. The third kappa shape index (κ3) is 4.67. The molecule has 0 aliphatic carbocycles. The summed E-state index contributed by atoms with van der Waals surface area (Å²) < 4.78 is 74.7. The summed E-state index contributed by atoms with van der Waals surface area (Å²) in [5, 5.41) is 2.11. The zero-order valence-electron chi connectivity index (χ0n) is 26.4. The highest BCUT2D eigenvalue weighted by molar-refractivity contribution is 7.87. The normalized spacial score (nSPS) is 26.2. The van der Waals surface area contributed by atoms with Gasteiger partial charge in [0.25, 0.3) is 0 Å². The molecule has 0 amide bonds. The molecule has 10 heteroatoms. The second kappa shape index (κ2) is 10.4. The standard InChI is InChI=1S/C35H40N2O6S2/c1-33(2)27-15-8-9-16-28(27)36(22-10-11-24-44(38,39)40)30(33)17-12-18-31-34(3,4)32-26-14-7-6-13-25(26)19-20-29(32)37(31)23-21-35(37,5)45(41,42)43/h6-9,12-20H,10-11,21-24H2,1-5H3. The van der Waals surface area contributed by atoms with Gasteiger partial charge in [0.15, 0.2) is 15.8 Å². The molecule has 0 N–H and O–H groups in total. The molecule has 1 fully saturated rings. The summed E-state index contributed by atoms with van der Waals surface area (Å²) in [6.45, 7) is 11.2. The lowest BCUT2D eigenvalue weighted by molar-refractivity contribution is -0.438. The summed E-state index contributed by atoms with van der Waals surface area (Å²) in [4.78, 5) is -1.54. The second-order valence-electron chi connectivity index (χ2n) is 13.8. The van der Waals surface area contributed by atoms with Crippen molar-refractivity contribution in [3.05, 3.63) is 95.7 Å². The summed E-state index contributed by atoms with van der Waals surface area (Å²) in [5.41, 5.74) is 5.03. The van der Waals surface area contributed by atoms with Crippen LogP contribution >= 0.6 is 0 Å². The Hall–Kier alpha value is -3.15. The van der Waals surface area contributed by atoms with Crippen LogP contribution in [0.2, 0.25) is 0 Å². The summed E-state index contributed by atoms with van der Waals surface area (Å²) in [6, 6.07) is 20.2. The highest BCUT2D eigenvalue weighted by atomic mass is 32.2. The van der Waals surface area contributed by atoms with Gasteiger partial charge in [0.05, 0.1) is 33.9 Å². The van der Waals surface area contributed by atoms with Crippen LogP contribution in [0.1, 0.15) is 65.0 Å². The monoisotopic (exact) mass is 648 g/mol. The van der Waals surface area contributed by atoms with Crippen molar-refractivity contribution in [3.63, 3.8) is 0 Å². The Morgan fingerprint density at radius 3 is 2.22 bits per heavy atom. The smallest absolute Gasteiger partial charge is 0.209 e. The van der Waals surface area contributed by atoms with Crippen molar-refractivity contribution >= 4 is 48.1 Å². The van der Waals surface area contributed by atoms with Crippen molar-refractivity contribution in [2.75, 3.05) is 18.8 Å². The van der Waals surface area contributed by atoms with Crippen molar-refractivity contribution in [2.24, 2.45) is 0 Å². The van der Waals surface area contributed by atoms with Crippen molar-refractivity contribution in [3.8, 4) is 0 Å². The first-order valence-electron chi connectivity index (χ1n) is 15.4. The maximum absolute atomic E-state index is 13.0. The molecule has 45 heavy (non-hydrogen) atoms. The van der Waals surface area contributed by atoms with Crippen molar-refractivity contribution in [2.45, 2.75) is 69.6 Å². The lowest BCUT2D eigenvalue weighted by atomic mass is 9.80. The second-order valence-corrected chi connectivity index (χ2v) is 17.1. The predicted molar refractivity (Wildman–Crippen MR) is 177 cm³/mol. The molecule has 1 saturated heterocycles. The van der Waals surface area contributed by atoms with Crippen LogP contribution < -0.4 is 4.48 Å². The first-order chi connectivity index (χ1) is 21.0.